The van der Waals surface area contributed by atoms with E-state index in [1.54, 1.807) is 11.3 Å². The Labute approximate surface area is 170 Å². The molecule has 0 aliphatic carbocycles. The van der Waals surface area contributed by atoms with Gasteiger partial charge in [-0.05, 0) is 50.2 Å². The molecular weight excluding hydrogens is 399 g/mol. The highest BCUT2D eigenvalue weighted by Gasteiger charge is 2.33. The quantitative estimate of drug-likeness (QED) is 0.637. The number of piperidine rings is 1. The van der Waals surface area contributed by atoms with Gasteiger partial charge in [-0.3, -0.25) is 9.69 Å². The number of rotatable bonds is 4. The van der Waals surface area contributed by atoms with Crippen LogP contribution < -0.4 is 5.32 Å². The molecule has 0 saturated carbocycles. The zero-order valence-electron chi connectivity index (χ0n) is 15.6. The fourth-order valence-electron chi connectivity index (χ4n) is 3.63. The summed E-state index contributed by atoms with van der Waals surface area (Å²) in [5.74, 6) is -0.0715. The van der Waals surface area contributed by atoms with Crippen LogP contribution in [0.25, 0.3) is 10.2 Å². The Morgan fingerprint density at radius 2 is 1.79 bits per heavy atom. The molecule has 4 nitrogen and oxygen atoms in total. The first-order chi connectivity index (χ1) is 13.9. The summed E-state index contributed by atoms with van der Waals surface area (Å²) in [6.07, 6.45) is -2.74. The number of nitrogens with zero attached hydrogens (tertiary/aromatic N) is 2. The number of likely N-dealkylation sites (tertiary alicyclic amines) is 1. The maximum atomic E-state index is 13.1. The number of benzene rings is 2. The lowest BCUT2D eigenvalue weighted by atomic mass is 9.97. The summed E-state index contributed by atoms with van der Waals surface area (Å²) in [5.41, 5.74) is -0.0186. The summed E-state index contributed by atoms with van der Waals surface area (Å²) >= 11 is 1.71. The fourth-order valence-corrected chi connectivity index (χ4v) is 4.77. The van der Waals surface area contributed by atoms with Crippen molar-refractivity contribution >= 4 is 33.1 Å². The van der Waals surface area contributed by atoms with Crippen molar-refractivity contribution in [3.63, 3.8) is 0 Å². The molecule has 0 bridgehead atoms. The van der Waals surface area contributed by atoms with Crippen molar-refractivity contribution in [3.05, 3.63) is 59.1 Å². The maximum absolute atomic E-state index is 13.1. The first kappa shape index (κ1) is 19.8. The minimum atomic E-state index is -4.50. The minimum Gasteiger partial charge on any atom is -0.324 e. The number of aromatic nitrogens is 1. The van der Waals surface area contributed by atoms with E-state index >= 15 is 0 Å². The Hall–Kier alpha value is -2.45. The number of anilines is 1. The zero-order valence-corrected chi connectivity index (χ0v) is 16.4. The molecule has 1 aromatic heterocycles. The van der Waals surface area contributed by atoms with Crippen LogP contribution in [-0.2, 0) is 11.0 Å². The van der Waals surface area contributed by atoms with Crippen molar-refractivity contribution in [3.8, 4) is 0 Å². The van der Waals surface area contributed by atoms with E-state index in [1.165, 1.54) is 22.9 Å². The molecule has 4 rings (SSSR count). The highest BCUT2D eigenvalue weighted by Crippen LogP contribution is 2.35. The molecule has 0 unspecified atom stereocenters. The number of nitrogens with one attached hydrogen (secondary N) is 1. The molecule has 1 aliphatic heterocycles. The zero-order chi connectivity index (χ0) is 20.4. The van der Waals surface area contributed by atoms with Gasteiger partial charge in [-0.15, -0.1) is 11.3 Å². The predicted octanol–water partition coefficient (Wildman–Crippen LogP) is 5.13. The SMILES string of the molecule is O=C(CN1CCC(c2nc3ccccc3s2)CC1)Nc1ccccc1C(F)(F)F. The second kappa shape index (κ2) is 8.12. The Bertz CT molecular complexity index is 977. The molecule has 2 aromatic carbocycles. The van der Waals surface area contributed by atoms with Crippen molar-refractivity contribution in [2.45, 2.75) is 24.9 Å². The van der Waals surface area contributed by atoms with Gasteiger partial charge in [0.15, 0.2) is 0 Å². The van der Waals surface area contributed by atoms with E-state index in [1.807, 2.05) is 23.1 Å². The van der Waals surface area contributed by atoms with Crippen LogP contribution in [-0.4, -0.2) is 35.4 Å². The van der Waals surface area contributed by atoms with Gasteiger partial charge < -0.3 is 5.32 Å². The van der Waals surface area contributed by atoms with Crippen molar-refractivity contribution < 1.29 is 18.0 Å². The molecule has 0 atom stereocenters. The van der Waals surface area contributed by atoms with Gasteiger partial charge in [-0.25, -0.2) is 4.98 Å². The number of fused-ring (bicyclic) bond motifs is 1. The third kappa shape index (κ3) is 4.59. The smallest absolute Gasteiger partial charge is 0.324 e. The average molecular weight is 419 g/mol. The van der Waals surface area contributed by atoms with Gasteiger partial charge in [-0.2, -0.15) is 13.2 Å². The van der Waals surface area contributed by atoms with Gasteiger partial charge in [0.2, 0.25) is 5.91 Å². The molecule has 152 valence electrons. The van der Waals surface area contributed by atoms with Crippen LogP contribution >= 0.6 is 11.3 Å². The number of carbonyl (C=O) groups is 1. The number of para-hydroxylation sites is 2. The van der Waals surface area contributed by atoms with Gasteiger partial charge in [0.05, 0.1) is 33.0 Å². The molecule has 0 spiro atoms. The van der Waals surface area contributed by atoms with Gasteiger partial charge in [0, 0.05) is 5.92 Å². The molecule has 1 saturated heterocycles. The molecule has 1 amide bonds. The molecule has 8 heteroatoms. The van der Waals surface area contributed by atoms with E-state index in [2.05, 4.69) is 11.4 Å². The Kier molecular flexibility index (Phi) is 5.56. The molecule has 1 N–H and O–H groups in total. The summed E-state index contributed by atoms with van der Waals surface area (Å²) in [5, 5.41) is 3.53. The monoisotopic (exact) mass is 419 g/mol. The van der Waals surface area contributed by atoms with Crippen molar-refractivity contribution in [1.29, 1.82) is 0 Å². The molecule has 2 heterocycles. The molecule has 3 aromatic rings. The molecular formula is C21H20F3N3OS. The van der Waals surface area contributed by atoms with Gasteiger partial charge in [-0.1, -0.05) is 24.3 Å². The highest BCUT2D eigenvalue weighted by molar-refractivity contribution is 7.18. The van der Waals surface area contributed by atoms with E-state index in [0.29, 0.717) is 5.92 Å². The summed E-state index contributed by atoms with van der Waals surface area (Å²) in [4.78, 5) is 19.0. The van der Waals surface area contributed by atoms with E-state index in [4.69, 9.17) is 4.98 Å². The minimum absolute atomic E-state index is 0.0821. The second-order valence-electron chi connectivity index (χ2n) is 7.16. The number of thiazole rings is 1. The molecule has 0 radical (unpaired) electrons. The van der Waals surface area contributed by atoms with Crippen LogP contribution in [0.3, 0.4) is 0 Å². The lowest BCUT2D eigenvalue weighted by Crippen LogP contribution is -2.38. The normalized spacial score (nSPS) is 16.2. The Balaban J connectivity index is 1.33. The third-order valence-electron chi connectivity index (χ3n) is 5.12. The fraction of sp³-hybridized carbons (Fsp3) is 0.333. The first-order valence-corrected chi connectivity index (χ1v) is 10.3. The van der Waals surface area contributed by atoms with E-state index < -0.39 is 17.6 Å². The number of halogens is 3. The molecule has 29 heavy (non-hydrogen) atoms. The van der Waals surface area contributed by atoms with E-state index in [9.17, 15) is 18.0 Å². The molecule has 1 aliphatic rings. The van der Waals surface area contributed by atoms with Gasteiger partial charge >= 0.3 is 6.18 Å². The maximum Gasteiger partial charge on any atom is 0.418 e. The third-order valence-corrected chi connectivity index (χ3v) is 6.32. The van der Waals surface area contributed by atoms with Crippen molar-refractivity contribution in [1.82, 2.24) is 9.88 Å². The van der Waals surface area contributed by atoms with Crippen LogP contribution in [0.4, 0.5) is 18.9 Å². The number of hydrogen-bond donors (Lipinski definition) is 1. The summed E-state index contributed by atoms with van der Waals surface area (Å²) in [6, 6.07) is 13.1. The Morgan fingerprint density at radius 3 is 2.52 bits per heavy atom. The second-order valence-corrected chi connectivity index (χ2v) is 8.22. The number of carbonyl (C=O) groups excluding carboxylic acids is 1. The van der Waals surface area contributed by atoms with Crippen LogP contribution in [0, 0.1) is 0 Å². The number of amides is 1. The van der Waals surface area contributed by atoms with E-state index in [-0.39, 0.29) is 12.2 Å². The summed E-state index contributed by atoms with van der Waals surface area (Å²) in [7, 11) is 0. The average Bonchev–Trinajstić information content (AvgIpc) is 3.12. The predicted molar refractivity (Wildman–Crippen MR) is 108 cm³/mol. The van der Waals surface area contributed by atoms with Crippen LogP contribution in [0.1, 0.15) is 29.3 Å². The lowest BCUT2D eigenvalue weighted by Gasteiger charge is -2.30. The standard InChI is InChI=1S/C21H20F3N3OS/c22-21(23,24)15-5-1-2-6-16(15)25-19(28)13-27-11-9-14(10-12-27)20-26-17-7-3-4-8-18(17)29-20/h1-8,14H,9-13H2,(H,25,28). The Morgan fingerprint density at radius 1 is 1.10 bits per heavy atom. The summed E-state index contributed by atoms with van der Waals surface area (Å²) < 4.78 is 40.4. The highest BCUT2D eigenvalue weighted by atomic mass is 32.1. The topological polar surface area (TPSA) is 45.2 Å². The number of alkyl halides is 3. The van der Waals surface area contributed by atoms with Gasteiger partial charge in [0.25, 0.3) is 0 Å². The van der Waals surface area contributed by atoms with Crippen LogP contribution in [0.5, 0.6) is 0 Å². The largest absolute Gasteiger partial charge is 0.418 e. The van der Waals surface area contributed by atoms with Crippen LogP contribution in [0.15, 0.2) is 48.5 Å². The molecule has 1 fully saturated rings. The van der Waals surface area contributed by atoms with Crippen molar-refractivity contribution in [2.75, 3.05) is 25.0 Å². The van der Waals surface area contributed by atoms with Gasteiger partial charge in [0.1, 0.15) is 0 Å². The number of hydrogen-bond acceptors (Lipinski definition) is 4. The first-order valence-electron chi connectivity index (χ1n) is 9.44. The van der Waals surface area contributed by atoms with E-state index in [0.717, 1.165) is 42.5 Å². The lowest BCUT2D eigenvalue weighted by molar-refractivity contribution is -0.137. The van der Waals surface area contributed by atoms with Crippen LogP contribution in [0.2, 0.25) is 0 Å². The summed E-state index contributed by atoms with van der Waals surface area (Å²) in [6.45, 7) is 1.52. The van der Waals surface area contributed by atoms with Crippen molar-refractivity contribution in [2.24, 2.45) is 0 Å².